The summed E-state index contributed by atoms with van der Waals surface area (Å²) in [6.45, 7) is 7.45. The van der Waals surface area contributed by atoms with Gasteiger partial charge in [-0.1, -0.05) is 16.9 Å². The first-order valence-corrected chi connectivity index (χ1v) is 9.06. The lowest BCUT2D eigenvalue weighted by Gasteiger charge is -2.36. The number of carbonyl (C=O) groups is 1. The van der Waals surface area contributed by atoms with E-state index in [1.165, 1.54) is 18.1 Å². The van der Waals surface area contributed by atoms with Crippen LogP contribution in [-0.4, -0.2) is 52.1 Å². The molecule has 2 unspecified atom stereocenters. The molecule has 2 aromatic heterocycles. The third-order valence-electron chi connectivity index (χ3n) is 3.62. The summed E-state index contributed by atoms with van der Waals surface area (Å²) in [5, 5.41) is 7.18. The van der Waals surface area contributed by atoms with Crippen molar-refractivity contribution in [1.82, 2.24) is 15.1 Å². The molecule has 1 N–H and O–H groups in total. The molecule has 1 aliphatic rings. The van der Waals surface area contributed by atoms with Crippen LogP contribution in [-0.2, 0) is 9.53 Å². The molecule has 3 rings (SSSR count). The molecule has 1 fully saturated rings. The first-order chi connectivity index (χ1) is 12.0. The Bertz CT molecular complexity index is 728. The standard InChI is InChI=1S/C16H21N5O3S/c1-10-4-13(20-24-10)19-15(22)8-25-16-5-14(17-9-18-16)21-6-11(2)23-12(3)7-21/h4-5,9,11-12H,6-8H2,1-3H3,(H,19,20,22). The first-order valence-electron chi connectivity index (χ1n) is 8.08. The van der Waals surface area contributed by atoms with E-state index in [-0.39, 0.29) is 23.9 Å². The Morgan fingerprint density at radius 3 is 2.76 bits per heavy atom. The van der Waals surface area contributed by atoms with Gasteiger partial charge in [-0.3, -0.25) is 4.79 Å². The molecule has 3 heterocycles. The van der Waals surface area contributed by atoms with Gasteiger partial charge in [0, 0.05) is 25.2 Å². The van der Waals surface area contributed by atoms with Crippen molar-refractivity contribution < 1.29 is 14.1 Å². The summed E-state index contributed by atoms with van der Waals surface area (Å²) in [5.41, 5.74) is 0. The molecule has 2 aromatic rings. The summed E-state index contributed by atoms with van der Waals surface area (Å²) in [7, 11) is 0. The summed E-state index contributed by atoms with van der Waals surface area (Å²) in [5.74, 6) is 2.00. The van der Waals surface area contributed by atoms with Crippen molar-refractivity contribution in [1.29, 1.82) is 0 Å². The minimum Gasteiger partial charge on any atom is -0.372 e. The maximum absolute atomic E-state index is 12.0. The van der Waals surface area contributed by atoms with E-state index in [0.29, 0.717) is 11.6 Å². The highest BCUT2D eigenvalue weighted by Crippen LogP contribution is 2.23. The van der Waals surface area contributed by atoms with E-state index < -0.39 is 0 Å². The van der Waals surface area contributed by atoms with E-state index in [1.54, 1.807) is 13.0 Å². The van der Waals surface area contributed by atoms with Gasteiger partial charge in [0.15, 0.2) is 5.82 Å². The molecule has 8 nitrogen and oxygen atoms in total. The molecule has 25 heavy (non-hydrogen) atoms. The van der Waals surface area contributed by atoms with Gasteiger partial charge in [-0.05, 0) is 20.8 Å². The Balaban J connectivity index is 1.57. The zero-order chi connectivity index (χ0) is 17.8. The molecule has 134 valence electrons. The average molecular weight is 363 g/mol. The van der Waals surface area contributed by atoms with E-state index in [0.717, 1.165) is 23.9 Å². The predicted molar refractivity (Wildman–Crippen MR) is 94.8 cm³/mol. The quantitative estimate of drug-likeness (QED) is 0.638. The molecule has 0 radical (unpaired) electrons. The van der Waals surface area contributed by atoms with Crippen molar-refractivity contribution in [2.75, 3.05) is 29.1 Å². The number of hydrogen-bond donors (Lipinski definition) is 1. The molecular weight excluding hydrogens is 342 g/mol. The fraction of sp³-hybridized carbons (Fsp3) is 0.500. The van der Waals surface area contributed by atoms with Crippen molar-refractivity contribution in [2.45, 2.75) is 38.0 Å². The lowest BCUT2D eigenvalue weighted by Crippen LogP contribution is -2.45. The minimum atomic E-state index is -0.160. The number of aromatic nitrogens is 3. The van der Waals surface area contributed by atoms with Crippen LogP contribution in [0.3, 0.4) is 0 Å². The number of anilines is 2. The second-order valence-electron chi connectivity index (χ2n) is 6.04. The van der Waals surface area contributed by atoms with Gasteiger partial charge >= 0.3 is 0 Å². The minimum absolute atomic E-state index is 0.159. The summed E-state index contributed by atoms with van der Waals surface area (Å²) >= 11 is 1.35. The Labute approximate surface area is 150 Å². The number of rotatable bonds is 5. The molecule has 2 atom stereocenters. The topological polar surface area (TPSA) is 93.4 Å². The van der Waals surface area contributed by atoms with Crippen LogP contribution in [0, 0.1) is 6.92 Å². The lowest BCUT2D eigenvalue weighted by molar-refractivity contribution is -0.113. The largest absolute Gasteiger partial charge is 0.372 e. The Hall–Kier alpha value is -2.13. The predicted octanol–water partition coefficient (Wildman–Crippen LogP) is 2.12. The van der Waals surface area contributed by atoms with Gasteiger partial charge in [0.25, 0.3) is 0 Å². The van der Waals surface area contributed by atoms with Gasteiger partial charge in [-0.25, -0.2) is 9.97 Å². The van der Waals surface area contributed by atoms with Crippen LogP contribution in [0.4, 0.5) is 11.6 Å². The zero-order valence-electron chi connectivity index (χ0n) is 14.4. The molecular formula is C16H21N5O3S. The number of hydrogen-bond acceptors (Lipinski definition) is 8. The van der Waals surface area contributed by atoms with Gasteiger partial charge in [0.05, 0.1) is 18.0 Å². The fourth-order valence-electron chi connectivity index (χ4n) is 2.69. The smallest absolute Gasteiger partial charge is 0.236 e. The van der Waals surface area contributed by atoms with Crippen LogP contribution >= 0.6 is 11.8 Å². The second-order valence-corrected chi connectivity index (χ2v) is 7.03. The van der Waals surface area contributed by atoms with Crippen molar-refractivity contribution in [2.24, 2.45) is 0 Å². The van der Waals surface area contributed by atoms with E-state index >= 15 is 0 Å². The van der Waals surface area contributed by atoms with Gasteiger partial charge in [-0.15, -0.1) is 0 Å². The fourth-order valence-corrected chi connectivity index (χ4v) is 3.35. The molecule has 1 aliphatic heterocycles. The second kappa shape index (κ2) is 7.83. The molecule has 0 aromatic carbocycles. The van der Waals surface area contributed by atoms with Gasteiger partial charge < -0.3 is 19.5 Å². The third-order valence-corrected chi connectivity index (χ3v) is 4.54. The van der Waals surface area contributed by atoms with Crippen LogP contribution in [0.2, 0.25) is 0 Å². The third kappa shape index (κ3) is 4.93. The number of ether oxygens (including phenoxy) is 1. The Morgan fingerprint density at radius 2 is 2.08 bits per heavy atom. The normalized spacial score (nSPS) is 20.5. The van der Waals surface area contributed by atoms with E-state index in [2.05, 4.69) is 39.2 Å². The molecule has 1 amide bonds. The summed E-state index contributed by atoms with van der Waals surface area (Å²) in [6, 6.07) is 3.58. The SMILES string of the molecule is Cc1cc(NC(=O)CSc2cc(N3CC(C)OC(C)C3)ncn2)no1. The molecule has 0 saturated carbocycles. The highest BCUT2D eigenvalue weighted by molar-refractivity contribution is 7.99. The number of thioether (sulfide) groups is 1. The Morgan fingerprint density at radius 1 is 1.32 bits per heavy atom. The molecule has 0 bridgehead atoms. The maximum Gasteiger partial charge on any atom is 0.236 e. The zero-order valence-corrected chi connectivity index (χ0v) is 15.2. The summed E-state index contributed by atoms with van der Waals surface area (Å²) < 4.78 is 10.7. The van der Waals surface area contributed by atoms with Crippen LogP contribution in [0.25, 0.3) is 0 Å². The van der Waals surface area contributed by atoms with Crippen molar-refractivity contribution in [3.8, 4) is 0 Å². The monoisotopic (exact) mass is 363 g/mol. The average Bonchev–Trinajstić information content (AvgIpc) is 2.97. The number of nitrogens with one attached hydrogen (secondary N) is 1. The first kappa shape index (κ1) is 17.7. The lowest BCUT2D eigenvalue weighted by atomic mass is 10.2. The number of amides is 1. The van der Waals surface area contributed by atoms with Gasteiger partial charge in [0.2, 0.25) is 5.91 Å². The number of morpholine rings is 1. The van der Waals surface area contributed by atoms with Crippen LogP contribution in [0.1, 0.15) is 19.6 Å². The highest BCUT2D eigenvalue weighted by atomic mass is 32.2. The number of aryl methyl sites for hydroxylation is 1. The van der Waals surface area contributed by atoms with Crippen LogP contribution in [0.5, 0.6) is 0 Å². The molecule has 1 saturated heterocycles. The van der Waals surface area contributed by atoms with Crippen molar-refractivity contribution in [3.05, 3.63) is 24.2 Å². The summed E-state index contributed by atoms with van der Waals surface area (Å²) in [6.07, 6.45) is 1.85. The van der Waals surface area contributed by atoms with E-state index in [1.807, 2.05) is 6.07 Å². The Kier molecular flexibility index (Phi) is 5.54. The van der Waals surface area contributed by atoms with Crippen LogP contribution in [0.15, 0.2) is 28.0 Å². The van der Waals surface area contributed by atoms with Crippen LogP contribution < -0.4 is 10.2 Å². The molecule has 0 spiro atoms. The summed E-state index contributed by atoms with van der Waals surface area (Å²) in [4.78, 5) is 22.8. The molecule has 9 heteroatoms. The number of carbonyl (C=O) groups excluding carboxylic acids is 1. The molecule has 0 aliphatic carbocycles. The van der Waals surface area contributed by atoms with Gasteiger partial charge in [-0.2, -0.15) is 0 Å². The number of nitrogens with zero attached hydrogens (tertiary/aromatic N) is 4. The van der Waals surface area contributed by atoms with Crippen molar-refractivity contribution >= 4 is 29.3 Å². The van der Waals surface area contributed by atoms with E-state index in [9.17, 15) is 4.79 Å². The maximum atomic E-state index is 12.0. The van der Waals surface area contributed by atoms with Gasteiger partial charge in [0.1, 0.15) is 22.9 Å². The van der Waals surface area contributed by atoms with Crippen molar-refractivity contribution in [3.63, 3.8) is 0 Å². The highest BCUT2D eigenvalue weighted by Gasteiger charge is 2.23. The van der Waals surface area contributed by atoms with E-state index in [4.69, 9.17) is 9.26 Å².